The van der Waals surface area contributed by atoms with Gasteiger partial charge in [-0.25, -0.2) is 9.59 Å². The number of ether oxygens (including phenoxy) is 3. The van der Waals surface area contributed by atoms with Crippen LogP contribution in [0.3, 0.4) is 0 Å². The van der Waals surface area contributed by atoms with Crippen molar-refractivity contribution < 1.29 is 41.8 Å². The van der Waals surface area contributed by atoms with E-state index in [4.69, 9.17) is 5.73 Å². The zero-order valence-corrected chi connectivity index (χ0v) is 10.7. The molecule has 0 aromatic carbocycles. The smallest absolute Gasteiger partial charge is 0.464 e. The highest BCUT2D eigenvalue weighted by molar-refractivity contribution is 5.84. The van der Waals surface area contributed by atoms with Crippen LogP contribution in [0.2, 0.25) is 0 Å². The van der Waals surface area contributed by atoms with E-state index in [1.807, 2.05) is 0 Å². The van der Waals surface area contributed by atoms with Crippen LogP contribution < -0.4 is 5.73 Å². The van der Waals surface area contributed by atoms with Crippen LogP contribution in [-0.4, -0.2) is 50.4 Å². The molecular weight excluding hydrogens is 287 g/mol. The molecule has 0 rings (SSSR count). The zero-order valence-electron chi connectivity index (χ0n) is 10.7. The summed E-state index contributed by atoms with van der Waals surface area (Å²) >= 11 is 0. The molecule has 2 atom stereocenters. The van der Waals surface area contributed by atoms with Gasteiger partial charge in [0.05, 0.1) is 13.2 Å². The lowest BCUT2D eigenvalue weighted by molar-refractivity contribution is -0.260. The van der Waals surface area contributed by atoms with Crippen LogP contribution in [0.5, 0.6) is 0 Å². The number of alkyl halides is 3. The first-order valence-corrected chi connectivity index (χ1v) is 5.27. The van der Waals surface area contributed by atoms with Crippen LogP contribution in [0.4, 0.5) is 13.2 Å². The van der Waals surface area contributed by atoms with E-state index in [1.165, 1.54) is 0 Å². The summed E-state index contributed by atoms with van der Waals surface area (Å²) in [7, 11) is 1.73. The van der Waals surface area contributed by atoms with Gasteiger partial charge >= 0.3 is 23.9 Å². The maximum Gasteiger partial charge on any atom is 0.491 e. The Bertz CT molecular complexity index is 372. The monoisotopic (exact) mass is 301 g/mol. The van der Waals surface area contributed by atoms with E-state index in [0.29, 0.717) is 6.29 Å². The van der Waals surface area contributed by atoms with Gasteiger partial charge in [0.1, 0.15) is 6.29 Å². The highest BCUT2D eigenvalue weighted by Gasteiger charge is 2.51. The second kappa shape index (κ2) is 7.20. The van der Waals surface area contributed by atoms with Crippen molar-refractivity contribution in [1.82, 2.24) is 0 Å². The van der Waals surface area contributed by atoms with Gasteiger partial charge in [0.15, 0.2) is 0 Å². The Morgan fingerprint density at radius 3 is 2.15 bits per heavy atom. The van der Waals surface area contributed by atoms with Gasteiger partial charge < -0.3 is 24.7 Å². The van der Waals surface area contributed by atoms with Gasteiger partial charge in [-0.3, -0.25) is 0 Å². The minimum absolute atomic E-state index is 0.252. The maximum atomic E-state index is 12.2. The molecule has 0 spiro atoms. The third-order valence-corrected chi connectivity index (χ3v) is 2.30. The second-order valence-corrected chi connectivity index (χ2v) is 3.67. The minimum atomic E-state index is -5.31. The van der Waals surface area contributed by atoms with Crippen LogP contribution >= 0.6 is 0 Å². The molecule has 0 aliphatic heterocycles. The van der Waals surface area contributed by atoms with Crippen molar-refractivity contribution in [3.05, 3.63) is 0 Å². The van der Waals surface area contributed by atoms with Crippen LogP contribution in [0.15, 0.2) is 0 Å². The van der Waals surface area contributed by atoms with Gasteiger partial charge in [0.2, 0.25) is 0 Å². The van der Waals surface area contributed by atoms with Crippen LogP contribution in [0.25, 0.3) is 0 Å². The summed E-state index contributed by atoms with van der Waals surface area (Å²) in [6.45, 7) is 0. The molecule has 2 N–H and O–H groups in total. The molecule has 0 aliphatic rings. The van der Waals surface area contributed by atoms with Gasteiger partial charge in [-0.2, -0.15) is 13.2 Å². The number of aldehydes is 1. The maximum absolute atomic E-state index is 12.2. The van der Waals surface area contributed by atoms with E-state index in [0.717, 1.165) is 14.2 Å². The van der Waals surface area contributed by atoms with Crippen LogP contribution in [0.1, 0.15) is 12.8 Å². The average Bonchev–Trinajstić information content (AvgIpc) is 2.40. The summed E-state index contributed by atoms with van der Waals surface area (Å²) in [5, 5.41) is 0. The lowest BCUT2D eigenvalue weighted by Gasteiger charge is -2.29. The SMILES string of the molecule is COC(=O)C(CCC(N)C=O)(OC)OC(=O)C(F)(F)F. The van der Waals surface area contributed by atoms with Crippen LogP contribution in [-0.2, 0) is 28.6 Å². The Morgan fingerprint density at radius 2 is 1.80 bits per heavy atom. The summed E-state index contributed by atoms with van der Waals surface area (Å²) in [6.07, 6.45) is -5.82. The largest absolute Gasteiger partial charge is 0.491 e. The molecule has 0 saturated carbocycles. The van der Waals surface area contributed by atoms with Crippen molar-refractivity contribution in [3.8, 4) is 0 Å². The van der Waals surface area contributed by atoms with E-state index < -0.39 is 36.4 Å². The second-order valence-electron chi connectivity index (χ2n) is 3.67. The number of carbonyl (C=O) groups is 3. The van der Waals surface area contributed by atoms with Crippen LogP contribution in [0, 0.1) is 0 Å². The molecule has 2 unspecified atom stereocenters. The Balaban J connectivity index is 5.18. The number of hydrogen-bond acceptors (Lipinski definition) is 7. The predicted molar refractivity (Wildman–Crippen MR) is 57.2 cm³/mol. The van der Waals surface area contributed by atoms with E-state index in [9.17, 15) is 27.6 Å². The molecule has 0 radical (unpaired) electrons. The quantitative estimate of drug-likeness (QED) is 0.398. The van der Waals surface area contributed by atoms with Gasteiger partial charge in [-0.15, -0.1) is 0 Å². The van der Waals surface area contributed by atoms with Crippen molar-refractivity contribution in [3.63, 3.8) is 0 Å². The number of hydrogen-bond donors (Lipinski definition) is 1. The van der Waals surface area contributed by atoms with Gasteiger partial charge in [-0.05, 0) is 6.42 Å². The Labute approximate surface area is 112 Å². The number of methoxy groups -OCH3 is 2. The Morgan fingerprint density at radius 1 is 1.25 bits per heavy atom. The molecule has 0 aromatic heterocycles. The van der Waals surface area contributed by atoms with E-state index >= 15 is 0 Å². The molecule has 0 fully saturated rings. The number of carbonyl (C=O) groups excluding carboxylic acids is 3. The lowest BCUT2D eigenvalue weighted by atomic mass is 10.1. The zero-order chi connectivity index (χ0) is 16.0. The first-order chi connectivity index (χ1) is 9.12. The number of rotatable bonds is 7. The fourth-order valence-electron chi connectivity index (χ4n) is 1.21. The minimum Gasteiger partial charge on any atom is -0.464 e. The first-order valence-electron chi connectivity index (χ1n) is 5.27. The molecule has 20 heavy (non-hydrogen) atoms. The standard InChI is InChI=1S/C10H14F3NO6/c1-18-7(16)9(19-2,4-3-6(14)5-15)20-8(17)10(11,12)13/h5-6H,3-4,14H2,1-2H3. The predicted octanol–water partition coefficient (Wildman–Crippen LogP) is -0.0860. The summed E-state index contributed by atoms with van der Waals surface area (Å²) in [6, 6.07) is -1.06. The Kier molecular flexibility index (Phi) is 6.59. The molecule has 7 nitrogen and oxygen atoms in total. The molecule has 0 heterocycles. The number of halogens is 3. The fraction of sp³-hybridized carbons (Fsp3) is 0.700. The topological polar surface area (TPSA) is 105 Å². The summed E-state index contributed by atoms with van der Waals surface area (Å²) in [5.41, 5.74) is 5.25. The molecule has 10 heteroatoms. The number of nitrogens with two attached hydrogens (primary N) is 1. The van der Waals surface area contributed by atoms with Crippen molar-refractivity contribution in [1.29, 1.82) is 0 Å². The van der Waals surface area contributed by atoms with E-state index in [1.54, 1.807) is 0 Å². The summed E-state index contributed by atoms with van der Waals surface area (Å²) in [5.74, 6) is -6.58. The molecule has 0 bridgehead atoms. The van der Waals surface area contributed by atoms with Gasteiger partial charge in [0, 0.05) is 13.5 Å². The van der Waals surface area contributed by atoms with Crippen molar-refractivity contribution in [2.45, 2.75) is 30.8 Å². The lowest BCUT2D eigenvalue weighted by Crippen LogP contribution is -2.49. The van der Waals surface area contributed by atoms with E-state index in [-0.39, 0.29) is 6.42 Å². The summed E-state index contributed by atoms with van der Waals surface area (Å²) in [4.78, 5) is 32.7. The van der Waals surface area contributed by atoms with Crippen molar-refractivity contribution >= 4 is 18.2 Å². The number of esters is 2. The van der Waals surface area contributed by atoms with Crippen molar-refractivity contribution in [2.24, 2.45) is 5.73 Å². The highest BCUT2D eigenvalue weighted by Crippen LogP contribution is 2.27. The molecule has 0 aliphatic carbocycles. The van der Waals surface area contributed by atoms with Crippen molar-refractivity contribution in [2.75, 3.05) is 14.2 Å². The molecule has 116 valence electrons. The third-order valence-electron chi connectivity index (χ3n) is 2.30. The molecule has 0 saturated heterocycles. The molecule has 0 aromatic rings. The molecule has 0 amide bonds. The normalized spacial score (nSPS) is 15.9. The summed E-state index contributed by atoms with van der Waals surface area (Å²) < 4.78 is 49.4. The molecular formula is C10H14F3NO6. The fourth-order valence-corrected chi connectivity index (χ4v) is 1.21. The first kappa shape index (κ1) is 18.3. The van der Waals surface area contributed by atoms with Gasteiger partial charge in [0.25, 0.3) is 0 Å². The van der Waals surface area contributed by atoms with E-state index in [2.05, 4.69) is 14.2 Å². The Hall–Kier alpha value is -1.68. The average molecular weight is 301 g/mol. The highest BCUT2D eigenvalue weighted by atomic mass is 19.4. The van der Waals surface area contributed by atoms with Gasteiger partial charge in [-0.1, -0.05) is 0 Å². The third kappa shape index (κ3) is 4.78.